The standard InChI is InChI=1S/C17H23N3O4/c18-16(22)13(20-17(23)14-7-4-10-19-14)8-9-15(21)24-11-12-5-2-1-3-6-12/h1-3,5-6,13-14,19H,4,7-11H2,(H2,18,22)(H,20,23)/t13-,14+/m1/s1. The van der Waals surface area contributed by atoms with E-state index in [0.29, 0.717) is 0 Å². The first-order chi connectivity index (χ1) is 11.6. The molecule has 1 aromatic carbocycles. The molecule has 7 heteroatoms. The molecule has 4 N–H and O–H groups in total. The van der Waals surface area contributed by atoms with Crippen molar-refractivity contribution < 1.29 is 19.1 Å². The fraction of sp³-hybridized carbons (Fsp3) is 0.471. The number of nitrogens with one attached hydrogen (secondary N) is 2. The second kappa shape index (κ2) is 9.02. The second-order valence-electron chi connectivity index (χ2n) is 5.80. The molecule has 1 aliphatic heterocycles. The van der Waals surface area contributed by atoms with Gasteiger partial charge in [-0.25, -0.2) is 0 Å². The molecule has 1 saturated heterocycles. The predicted octanol–water partition coefficient (Wildman–Crippen LogP) is 0.232. The first kappa shape index (κ1) is 17.9. The van der Waals surface area contributed by atoms with Crippen LogP contribution in [0.25, 0.3) is 0 Å². The maximum atomic E-state index is 12.0. The van der Waals surface area contributed by atoms with E-state index in [0.717, 1.165) is 24.9 Å². The maximum absolute atomic E-state index is 12.0. The van der Waals surface area contributed by atoms with E-state index >= 15 is 0 Å². The molecule has 130 valence electrons. The molecule has 2 atom stereocenters. The minimum Gasteiger partial charge on any atom is -0.461 e. The van der Waals surface area contributed by atoms with E-state index in [2.05, 4.69) is 10.6 Å². The van der Waals surface area contributed by atoms with E-state index in [1.807, 2.05) is 30.3 Å². The summed E-state index contributed by atoms with van der Waals surface area (Å²) in [4.78, 5) is 35.3. The van der Waals surface area contributed by atoms with E-state index < -0.39 is 17.9 Å². The van der Waals surface area contributed by atoms with Gasteiger partial charge >= 0.3 is 5.97 Å². The van der Waals surface area contributed by atoms with Gasteiger partial charge in [0.1, 0.15) is 12.6 Å². The minimum atomic E-state index is -0.871. The van der Waals surface area contributed by atoms with Gasteiger partial charge in [-0.2, -0.15) is 0 Å². The number of benzene rings is 1. The van der Waals surface area contributed by atoms with Crippen molar-refractivity contribution in [3.8, 4) is 0 Å². The van der Waals surface area contributed by atoms with Crippen LogP contribution in [0.15, 0.2) is 30.3 Å². The minimum absolute atomic E-state index is 0.0127. The van der Waals surface area contributed by atoms with Crippen LogP contribution < -0.4 is 16.4 Å². The first-order valence-electron chi connectivity index (χ1n) is 8.09. The van der Waals surface area contributed by atoms with Crippen LogP contribution in [0.4, 0.5) is 0 Å². The third-order valence-corrected chi connectivity index (χ3v) is 3.92. The zero-order valence-corrected chi connectivity index (χ0v) is 13.5. The van der Waals surface area contributed by atoms with Crippen molar-refractivity contribution in [3.05, 3.63) is 35.9 Å². The van der Waals surface area contributed by atoms with E-state index in [4.69, 9.17) is 10.5 Å². The largest absolute Gasteiger partial charge is 0.461 e. The highest BCUT2D eigenvalue weighted by Crippen LogP contribution is 2.07. The van der Waals surface area contributed by atoms with E-state index in [1.54, 1.807) is 0 Å². The zero-order valence-electron chi connectivity index (χ0n) is 13.5. The summed E-state index contributed by atoms with van der Waals surface area (Å²) in [7, 11) is 0. The van der Waals surface area contributed by atoms with Gasteiger partial charge in [-0.1, -0.05) is 30.3 Å². The van der Waals surface area contributed by atoms with Crippen LogP contribution in [0, 0.1) is 0 Å². The summed E-state index contributed by atoms with van der Waals surface area (Å²) >= 11 is 0. The third kappa shape index (κ3) is 5.66. The lowest BCUT2D eigenvalue weighted by molar-refractivity contribution is -0.145. The Hall–Kier alpha value is -2.41. The number of esters is 1. The molecule has 0 spiro atoms. The fourth-order valence-electron chi connectivity index (χ4n) is 2.54. The van der Waals surface area contributed by atoms with Gasteiger partial charge in [0.25, 0.3) is 0 Å². The van der Waals surface area contributed by atoms with Crippen LogP contribution in [-0.4, -0.2) is 36.4 Å². The number of hydrogen-bond acceptors (Lipinski definition) is 5. The van der Waals surface area contributed by atoms with Crippen molar-refractivity contribution in [3.63, 3.8) is 0 Å². The Bertz CT molecular complexity index is 570. The summed E-state index contributed by atoms with van der Waals surface area (Å²) < 4.78 is 5.15. The molecule has 1 aromatic rings. The molecule has 0 unspecified atom stereocenters. The molecule has 2 rings (SSSR count). The molecule has 1 heterocycles. The van der Waals surface area contributed by atoms with Gasteiger partial charge in [0.15, 0.2) is 0 Å². The van der Waals surface area contributed by atoms with Crippen molar-refractivity contribution in [1.29, 1.82) is 0 Å². The number of ether oxygens (including phenoxy) is 1. The van der Waals surface area contributed by atoms with Crippen LogP contribution in [0.5, 0.6) is 0 Å². The predicted molar refractivity (Wildman–Crippen MR) is 87.6 cm³/mol. The maximum Gasteiger partial charge on any atom is 0.306 e. The van der Waals surface area contributed by atoms with Crippen molar-refractivity contribution in [2.45, 2.75) is 44.4 Å². The van der Waals surface area contributed by atoms with E-state index in [1.165, 1.54) is 0 Å². The number of primary amides is 1. The number of nitrogens with two attached hydrogens (primary N) is 1. The van der Waals surface area contributed by atoms with Gasteiger partial charge in [-0.05, 0) is 31.4 Å². The van der Waals surface area contributed by atoms with Crippen molar-refractivity contribution in [2.24, 2.45) is 5.73 Å². The van der Waals surface area contributed by atoms with Crippen LogP contribution >= 0.6 is 0 Å². The summed E-state index contributed by atoms with van der Waals surface area (Å²) in [5.74, 6) is -1.34. The number of carbonyl (C=O) groups excluding carboxylic acids is 3. The monoisotopic (exact) mass is 333 g/mol. The Morgan fingerprint density at radius 3 is 2.67 bits per heavy atom. The topological polar surface area (TPSA) is 111 Å². The summed E-state index contributed by atoms with van der Waals surface area (Å²) in [6.07, 6.45) is 1.79. The van der Waals surface area contributed by atoms with Crippen molar-refractivity contribution >= 4 is 17.8 Å². The highest BCUT2D eigenvalue weighted by molar-refractivity contribution is 5.89. The van der Waals surface area contributed by atoms with Crippen LogP contribution in [-0.2, 0) is 25.7 Å². The van der Waals surface area contributed by atoms with Crippen LogP contribution in [0.1, 0.15) is 31.2 Å². The average molecular weight is 333 g/mol. The summed E-state index contributed by atoms with van der Waals surface area (Å²) in [6, 6.07) is 8.14. The average Bonchev–Trinajstić information content (AvgIpc) is 3.12. The molecule has 1 aliphatic rings. The highest BCUT2D eigenvalue weighted by Gasteiger charge is 2.26. The normalized spacial score (nSPS) is 17.9. The molecule has 7 nitrogen and oxygen atoms in total. The van der Waals surface area contributed by atoms with Crippen LogP contribution in [0.2, 0.25) is 0 Å². The smallest absolute Gasteiger partial charge is 0.306 e. The molecule has 0 radical (unpaired) electrons. The summed E-state index contributed by atoms with van der Waals surface area (Å²) in [5, 5.41) is 5.65. The van der Waals surface area contributed by atoms with E-state index in [9.17, 15) is 14.4 Å². The number of amides is 2. The van der Waals surface area contributed by atoms with Gasteiger partial charge in [0, 0.05) is 6.42 Å². The summed E-state index contributed by atoms with van der Waals surface area (Å²) in [5.41, 5.74) is 6.20. The lowest BCUT2D eigenvalue weighted by atomic mass is 10.1. The number of carbonyl (C=O) groups is 3. The lowest BCUT2D eigenvalue weighted by Crippen LogP contribution is -2.50. The van der Waals surface area contributed by atoms with Gasteiger partial charge in [0.05, 0.1) is 6.04 Å². The molecular weight excluding hydrogens is 310 g/mol. The first-order valence-corrected chi connectivity index (χ1v) is 8.09. The Labute approximate surface area is 140 Å². The van der Waals surface area contributed by atoms with Crippen LogP contribution in [0.3, 0.4) is 0 Å². The molecule has 24 heavy (non-hydrogen) atoms. The molecule has 0 aromatic heterocycles. The second-order valence-corrected chi connectivity index (χ2v) is 5.80. The lowest BCUT2D eigenvalue weighted by Gasteiger charge is -2.18. The third-order valence-electron chi connectivity index (χ3n) is 3.92. The Kier molecular flexibility index (Phi) is 6.74. The summed E-state index contributed by atoms with van der Waals surface area (Å²) in [6.45, 7) is 0.963. The molecule has 0 aliphatic carbocycles. The number of rotatable bonds is 8. The number of hydrogen-bond donors (Lipinski definition) is 3. The molecular formula is C17H23N3O4. The van der Waals surface area contributed by atoms with E-state index in [-0.39, 0.29) is 31.4 Å². The van der Waals surface area contributed by atoms with Gasteiger partial charge in [0.2, 0.25) is 11.8 Å². The Morgan fingerprint density at radius 2 is 2.04 bits per heavy atom. The Balaban J connectivity index is 1.75. The van der Waals surface area contributed by atoms with Crippen molar-refractivity contribution in [2.75, 3.05) is 6.54 Å². The highest BCUT2D eigenvalue weighted by atomic mass is 16.5. The van der Waals surface area contributed by atoms with Gasteiger partial charge in [-0.15, -0.1) is 0 Å². The Morgan fingerprint density at radius 1 is 1.29 bits per heavy atom. The SMILES string of the molecule is NC(=O)[C@@H](CCC(=O)OCc1ccccc1)NC(=O)[C@@H]1CCCN1. The molecule has 1 fully saturated rings. The quantitative estimate of drug-likeness (QED) is 0.590. The van der Waals surface area contributed by atoms with Gasteiger partial charge in [-0.3, -0.25) is 14.4 Å². The molecule has 2 amide bonds. The molecule has 0 bridgehead atoms. The fourth-order valence-corrected chi connectivity index (χ4v) is 2.54. The molecule has 0 saturated carbocycles. The zero-order chi connectivity index (χ0) is 17.4. The van der Waals surface area contributed by atoms with Gasteiger partial charge < -0.3 is 21.1 Å². The van der Waals surface area contributed by atoms with Crippen molar-refractivity contribution in [1.82, 2.24) is 10.6 Å².